The fraction of sp³-hybridized carbons (Fsp3) is 0.538. The zero-order valence-corrected chi connectivity index (χ0v) is 9.25. The predicted octanol–water partition coefficient (Wildman–Crippen LogP) is 2.92. The first-order chi connectivity index (χ1) is 7.22. The summed E-state index contributed by atoms with van der Waals surface area (Å²) in [6, 6.07) is 0. The Morgan fingerprint density at radius 3 is 2.67 bits per heavy atom. The maximum absolute atomic E-state index is 13.0. The van der Waals surface area contributed by atoms with Crippen molar-refractivity contribution in [3.8, 4) is 0 Å². The maximum atomic E-state index is 13.0. The lowest BCUT2D eigenvalue weighted by atomic mass is 10.2. The zero-order chi connectivity index (χ0) is 10.8. The molecule has 0 N–H and O–H groups in total. The molecule has 82 valence electrons. The summed E-state index contributed by atoms with van der Waals surface area (Å²) in [6.45, 7) is 8.65. The highest BCUT2D eigenvalue weighted by molar-refractivity contribution is 5.26. The van der Waals surface area contributed by atoms with Crippen LogP contribution in [0.25, 0.3) is 0 Å². The smallest absolute Gasteiger partial charge is 0.122 e. The van der Waals surface area contributed by atoms with Crippen LogP contribution in [0.3, 0.4) is 0 Å². The number of hydrogen-bond acceptors (Lipinski definition) is 1. The molecule has 1 aliphatic heterocycles. The van der Waals surface area contributed by atoms with Gasteiger partial charge >= 0.3 is 0 Å². The topological polar surface area (TPSA) is 3.24 Å². The Labute approximate surface area is 91.0 Å². The summed E-state index contributed by atoms with van der Waals surface area (Å²) in [5, 5.41) is 0. The molecule has 15 heavy (non-hydrogen) atoms. The molecule has 1 heterocycles. The Kier molecular flexibility index (Phi) is 3.06. The van der Waals surface area contributed by atoms with Crippen LogP contribution in [0.1, 0.15) is 13.3 Å². The van der Waals surface area contributed by atoms with Crippen LogP contribution in [0.5, 0.6) is 0 Å². The molecule has 2 aliphatic rings. The fourth-order valence-corrected chi connectivity index (χ4v) is 2.34. The standard InChI is InChI=1S/C13H18FN/c1-3-10(5-13(14)4-2)7-15-8-11-6-12(11)9-15/h3-5,11-12H,2,6-9H2,1H3/b10-3+,13-5+. The Morgan fingerprint density at radius 2 is 2.13 bits per heavy atom. The number of piperidine rings is 1. The Hall–Kier alpha value is -0.890. The number of hydrogen-bond donors (Lipinski definition) is 0. The fourth-order valence-electron chi connectivity index (χ4n) is 2.34. The molecular weight excluding hydrogens is 189 g/mol. The van der Waals surface area contributed by atoms with E-state index in [-0.39, 0.29) is 5.83 Å². The third kappa shape index (κ3) is 2.57. The van der Waals surface area contributed by atoms with Crippen molar-refractivity contribution in [1.29, 1.82) is 0 Å². The van der Waals surface area contributed by atoms with Crippen molar-refractivity contribution in [1.82, 2.24) is 4.90 Å². The molecule has 2 fully saturated rings. The monoisotopic (exact) mass is 207 g/mol. The highest BCUT2D eigenvalue weighted by Crippen LogP contribution is 2.44. The third-order valence-corrected chi connectivity index (χ3v) is 3.35. The molecule has 0 amide bonds. The van der Waals surface area contributed by atoms with E-state index in [1.807, 2.05) is 13.0 Å². The summed E-state index contributed by atoms with van der Waals surface area (Å²) in [5.74, 6) is 1.64. The molecule has 1 saturated carbocycles. The van der Waals surface area contributed by atoms with Crippen LogP contribution in [-0.2, 0) is 0 Å². The molecule has 2 unspecified atom stereocenters. The first kappa shape index (κ1) is 10.6. The van der Waals surface area contributed by atoms with E-state index >= 15 is 0 Å². The number of allylic oxidation sites excluding steroid dienone is 3. The molecular formula is C13H18FN. The summed E-state index contributed by atoms with van der Waals surface area (Å²) < 4.78 is 13.0. The van der Waals surface area contributed by atoms with E-state index in [0.29, 0.717) is 0 Å². The van der Waals surface area contributed by atoms with Crippen molar-refractivity contribution in [2.45, 2.75) is 13.3 Å². The van der Waals surface area contributed by atoms with Crippen LogP contribution in [0.2, 0.25) is 0 Å². The van der Waals surface area contributed by atoms with E-state index in [1.165, 1.54) is 25.6 Å². The molecule has 0 aromatic heterocycles. The molecule has 0 aromatic rings. The zero-order valence-electron chi connectivity index (χ0n) is 9.25. The lowest BCUT2D eigenvalue weighted by Gasteiger charge is -2.17. The van der Waals surface area contributed by atoms with Crippen LogP contribution < -0.4 is 0 Å². The molecule has 1 saturated heterocycles. The number of nitrogens with zero attached hydrogens (tertiary/aromatic N) is 1. The highest BCUT2D eigenvalue weighted by atomic mass is 19.1. The maximum Gasteiger partial charge on any atom is 0.122 e. The first-order valence-corrected chi connectivity index (χ1v) is 5.60. The summed E-state index contributed by atoms with van der Waals surface area (Å²) >= 11 is 0. The molecule has 0 bridgehead atoms. The van der Waals surface area contributed by atoms with E-state index in [1.54, 1.807) is 6.08 Å². The van der Waals surface area contributed by atoms with Gasteiger partial charge in [0.25, 0.3) is 0 Å². The number of fused-ring (bicyclic) bond motifs is 1. The summed E-state index contributed by atoms with van der Waals surface area (Å²) in [7, 11) is 0. The van der Waals surface area contributed by atoms with Crippen molar-refractivity contribution < 1.29 is 4.39 Å². The van der Waals surface area contributed by atoms with Gasteiger partial charge in [0.05, 0.1) is 0 Å². The van der Waals surface area contributed by atoms with Crippen LogP contribution in [0.4, 0.5) is 4.39 Å². The summed E-state index contributed by atoms with van der Waals surface area (Å²) in [4.78, 5) is 2.42. The minimum absolute atomic E-state index is 0.243. The minimum Gasteiger partial charge on any atom is -0.299 e. The number of halogens is 1. The second-order valence-corrected chi connectivity index (χ2v) is 4.55. The second kappa shape index (κ2) is 4.31. The first-order valence-electron chi connectivity index (χ1n) is 5.60. The molecule has 0 spiro atoms. The van der Waals surface area contributed by atoms with Crippen LogP contribution in [-0.4, -0.2) is 24.5 Å². The molecule has 2 heteroatoms. The quantitative estimate of drug-likeness (QED) is 0.641. The van der Waals surface area contributed by atoms with E-state index in [0.717, 1.165) is 24.0 Å². The average Bonchev–Trinajstić information content (AvgIpc) is 2.85. The molecule has 0 aromatic carbocycles. The van der Waals surface area contributed by atoms with Crippen molar-refractivity contribution in [3.05, 3.63) is 36.2 Å². The van der Waals surface area contributed by atoms with Gasteiger partial charge in [0.2, 0.25) is 0 Å². The third-order valence-electron chi connectivity index (χ3n) is 3.35. The summed E-state index contributed by atoms with van der Waals surface area (Å²) in [5.41, 5.74) is 1.05. The van der Waals surface area contributed by atoms with Gasteiger partial charge in [-0.15, -0.1) is 0 Å². The number of likely N-dealkylation sites (tertiary alicyclic amines) is 1. The average molecular weight is 207 g/mol. The number of rotatable bonds is 4. The van der Waals surface area contributed by atoms with Crippen molar-refractivity contribution in [3.63, 3.8) is 0 Å². The van der Waals surface area contributed by atoms with Gasteiger partial charge in [0, 0.05) is 19.6 Å². The Bertz CT molecular complexity index is 306. The molecule has 1 nitrogen and oxygen atoms in total. The van der Waals surface area contributed by atoms with Gasteiger partial charge in [-0.1, -0.05) is 12.7 Å². The van der Waals surface area contributed by atoms with Gasteiger partial charge in [0.1, 0.15) is 5.83 Å². The van der Waals surface area contributed by atoms with Gasteiger partial charge in [0.15, 0.2) is 0 Å². The van der Waals surface area contributed by atoms with Gasteiger partial charge in [-0.05, 0) is 42.9 Å². The van der Waals surface area contributed by atoms with E-state index in [4.69, 9.17) is 0 Å². The van der Waals surface area contributed by atoms with Crippen LogP contribution in [0.15, 0.2) is 36.2 Å². The Morgan fingerprint density at radius 1 is 1.47 bits per heavy atom. The van der Waals surface area contributed by atoms with Gasteiger partial charge in [-0.3, -0.25) is 4.90 Å². The van der Waals surface area contributed by atoms with Gasteiger partial charge in [-0.25, -0.2) is 4.39 Å². The molecule has 1 aliphatic carbocycles. The molecule has 0 radical (unpaired) electrons. The van der Waals surface area contributed by atoms with Crippen LogP contribution in [0, 0.1) is 11.8 Å². The SMILES string of the molecule is C=C/C(F)=C\C(=C/C)CN1CC2CC2C1. The van der Waals surface area contributed by atoms with Crippen LogP contribution >= 0.6 is 0 Å². The normalized spacial score (nSPS) is 31.6. The largest absolute Gasteiger partial charge is 0.299 e. The van der Waals surface area contributed by atoms with E-state index in [9.17, 15) is 4.39 Å². The lowest BCUT2D eigenvalue weighted by molar-refractivity contribution is 0.332. The van der Waals surface area contributed by atoms with Crippen molar-refractivity contribution >= 4 is 0 Å². The van der Waals surface area contributed by atoms with Gasteiger partial charge in [-0.2, -0.15) is 0 Å². The predicted molar refractivity (Wildman–Crippen MR) is 61.2 cm³/mol. The Balaban J connectivity index is 1.88. The van der Waals surface area contributed by atoms with Crippen molar-refractivity contribution in [2.24, 2.45) is 11.8 Å². The summed E-state index contributed by atoms with van der Waals surface area (Å²) in [6.07, 6.45) is 6.23. The minimum atomic E-state index is -0.243. The van der Waals surface area contributed by atoms with Gasteiger partial charge < -0.3 is 0 Å². The molecule has 2 atom stereocenters. The van der Waals surface area contributed by atoms with E-state index in [2.05, 4.69) is 11.5 Å². The van der Waals surface area contributed by atoms with E-state index < -0.39 is 0 Å². The second-order valence-electron chi connectivity index (χ2n) is 4.55. The highest BCUT2D eigenvalue weighted by Gasteiger charge is 2.44. The molecule has 2 rings (SSSR count). The van der Waals surface area contributed by atoms with Crippen molar-refractivity contribution in [2.75, 3.05) is 19.6 Å². The lowest BCUT2D eigenvalue weighted by Crippen LogP contribution is -2.24.